The van der Waals surface area contributed by atoms with Crippen molar-refractivity contribution < 1.29 is 9.53 Å². The number of benzene rings is 2. The Kier molecular flexibility index (Phi) is 6.29. The van der Waals surface area contributed by atoms with E-state index in [0.29, 0.717) is 24.7 Å². The van der Waals surface area contributed by atoms with Crippen molar-refractivity contribution >= 4 is 17.6 Å². The number of likely N-dealkylation sites (N-methyl/N-ethyl adjacent to an activating group) is 1. The van der Waals surface area contributed by atoms with Crippen LogP contribution >= 0.6 is 11.6 Å². The molecular weight excluding hydrogens is 312 g/mol. The van der Waals surface area contributed by atoms with E-state index in [2.05, 4.69) is 5.32 Å². The highest BCUT2D eigenvalue weighted by Crippen LogP contribution is 2.15. The molecular formula is C18H21ClN2O2. The van der Waals surface area contributed by atoms with Crippen LogP contribution in [0.15, 0.2) is 48.5 Å². The minimum absolute atomic E-state index is 0.140. The summed E-state index contributed by atoms with van der Waals surface area (Å²) in [6, 6.07) is 15.1. The maximum Gasteiger partial charge on any atom is 0.317 e. The first kappa shape index (κ1) is 17.2. The first-order valence-electron chi connectivity index (χ1n) is 7.48. The van der Waals surface area contributed by atoms with Gasteiger partial charge in [-0.2, -0.15) is 0 Å². The molecule has 0 unspecified atom stereocenters. The van der Waals surface area contributed by atoms with Gasteiger partial charge in [-0.25, -0.2) is 4.79 Å². The molecule has 0 aliphatic rings. The fourth-order valence-corrected chi connectivity index (χ4v) is 2.28. The van der Waals surface area contributed by atoms with E-state index in [-0.39, 0.29) is 6.03 Å². The minimum atomic E-state index is -0.140. The SMILES string of the molecule is Cc1ccccc1OCCN(C)C(=O)NCc1cccc(Cl)c1. The molecule has 0 saturated heterocycles. The molecule has 0 atom stereocenters. The quantitative estimate of drug-likeness (QED) is 0.872. The van der Waals surface area contributed by atoms with Gasteiger partial charge in [-0.3, -0.25) is 0 Å². The molecule has 0 aliphatic carbocycles. The van der Waals surface area contributed by atoms with Crippen LogP contribution in [0.3, 0.4) is 0 Å². The predicted molar refractivity (Wildman–Crippen MR) is 93.0 cm³/mol. The van der Waals surface area contributed by atoms with Crippen molar-refractivity contribution in [2.75, 3.05) is 20.2 Å². The summed E-state index contributed by atoms with van der Waals surface area (Å²) >= 11 is 5.92. The van der Waals surface area contributed by atoms with Crippen LogP contribution in [-0.4, -0.2) is 31.1 Å². The van der Waals surface area contributed by atoms with Crippen molar-refractivity contribution in [1.29, 1.82) is 0 Å². The summed E-state index contributed by atoms with van der Waals surface area (Å²) in [7, 11) is 1.74. The number of aryl methyl sites for hydroxylation is 1. The number of carbonyl (C=O) groups excluding carboxylic acids is 1. The van der Waals surface area contributed by atoms with Gasteiger partial charge in [0.15, 0.2) is 0 Å². The molecule has 122 valence electrons. The summed E-state index contributed by atoms with van der Waals surface area (Å²) in [5, 5.41) is 3.52. The lowest BCUT2D eigenvalue weighted by Crippen LogP contribution is -2.39. The van der Waals surface area contributed by atoms with Gasteiger partial charge in [0.05, 0.1) is 6.54 Å². The molecule has 2 rings (SSSR count). The molecule has 0 fully saturated rings. The molecule has 2 aromatic rings. The van der Waals surface area contributed by atoms with E-state index in [0.717, 1.165) is 16.9 Å². The number of rotatable bonds is 6. The molecule has 4 nitrogen and oxygen atoms in total. The van der Waals surface area contributed by atoms with Gasteiger partial charge in [-0.1, -0.05) is 41.9 Å². The van der Waals surface area contributed by atoms with Gasteiger partial charge in [-0.15, -0.1) is 0 Å². The lowest BCUT2D eigenvalue weighted by molar-refractivity contribution is 0.195. The monoisotopic (exact) mass is 332 g/mol. The van der Waals surface area contributed by atoms with Crippen LogP contribution in [0.4, 0.5) is 4.79 Å². The molecule has 0 saturated carbocycles. The van der Waals surface area contributed by atoms with Crippen molar-refractivity contribution in [2.45, 2.75) is 13.5 Å². The topological polar surface area (TPSA) is 41.6 Å². The summed E-state index contributed by atoms with van der Waals surface area (Å²) < 4.78 is 5.70. The molecule has 0 aliphatic heterocycles. The van der Waals surface area contributed by atoms with E-state index in [1.807, 2.05) is 55.5 Å². The second-order valence-corrected chi connectivity index (χ2v) is 5.76. The Morgan fingerprint density at radius 1 is 1.22 bits per heavy atom. The zero-order chi connectivity index (χ0) is 16.7. The van der Waals surface area contributed by atoms with E-state index in [1.165, 1.54) is 0 Å². The van der Waals surface area contributed by atoms with Gasteiger partial charge in [0, 0.05) is 18.6 Å². The number of hydrogen-bond acceptors (Lipinski definition) is 2. The molecule has 0 aromatic heterocycles. The Balaban J connectivity index is 1.73. The molecule has 23 heavy (non-hydrogen) atoms. The third-order valence-corrected chi connectivity index (χ3v) is 3.69. The molecule has 2 aromatic carbocycles. The Labute approximate surface area is 142 Å². The minimum Gasteiger partial charge on any atom is -0.491 e. The number of urea groups is 1. The fraction of sp³-hybridized carbons (Fsp3) is 0.278. The highest BCUT2D eigenvalue weighted by molar-refractivity contribution is 6.30. The van der Waals surface area contributed by atoms with Gasteiger partial charge in [0.2, 0.25) is 0 Å². The average Bonchev–Trinajstić information content (AvgIpc) is 2.54. The largest absolute Gasteiger partial charge is 0.491 e. The van der Waals surface area contributed by atoms with Crippen molar-refractivity contribution in [3.8, 4) is 5.75 Å². The Bertz CT molecular complexity index is 661. The van der Waals surface area contributed by atoms with Gasteiger partial charge in [0.1, 0.15) is 12.4 Å². The molecule has 0 radical (unpaired) electrons. The van der Waals surface area contributed by atoms with Crippen molar-refractivity contribution in [1.82, 2.24) is 10.2 Å². The van der Waals surface area contributed by atoms with Crippen LogP contribution < -0.4 is 10.1 Å². The maximum absolute atomic E-state index is 12.0. The average molecular weight is 333 g/mol. The van der Waals surface area contributed by atoms with Gasteiger partial charge in [-0.05, 0) is 36.2 Å². The van der Waals surface area contributed by atoms with Gasteiger partial charge < -0.3 is 15.0 Å². The van der Waals surface area contributed by atoms with Crippen LogP contribution in [0.5, 0.6) is 5.75 Å². The summed E-state index contributed by atoms with van der Waals surface area (Å²) in [6.07, 6.45) is 0. The molecule has 0 bridgehead atoms. The molecule has 0 spiro atoms. The number of amides is 2. The standard InChI is InChI=1S/C18H21ClN2O2/c1-14-6-3-4-9-17(14)23-11-10-21(2)18(22)20-13-15-7-5-8-16(19)12-15/h3-9,12H,10-11,13H2,1-2H3,(H,20,22). The highest BCUT2D eigenvalue weighted by Gasteiger charge is 2.08. The zero-order valence-corrected chi connectivity index (χ0v) is 14.1. The highest BCUT2D eigenvalue weighted by atomic mass is 35.5. The van der Waals surface area contributed by atoms with Crippen molar-refractivity contribution in [3.05, 3.63) is 64.7 Å². The van der Waals surface area contributed by atoms with E-state index in [9.17, 15) is 4.79 Å². The first-order chi connectivity index (χ1) is 11.1. The number of ether oxygens (including phenoxy) is 1. The summed E-state index contributed by atoms with van der Waals surface area (Å²) in [5.74, 6) is 0.847. The summed E-state index contributed by atoms with van der Waals surface area (Å²) in [5.41, 5.74) is 2.05. The summed E-state index contributed by atoms with van der Waals surface area (Å²) in [4.78, 5) is 13.6. The van der Waals surface area contributed by atoms with Crippen LogP contribution in [0.2, 0.25) is 5.02 Å². The smallest absolute Gasteiger partial charge is 0.317 e. The number of para-hydroxylation sites is 1. The van der Waals surface area contributed by atoms with Crippen LogP contribution in [0.25, 0.3) is 0 Å². The predicted octanol–water partition coefficient (Wildman–Crippen LogP) is 3.87. The van der Waals surface area contributed by atoms with E-state index in [4.69, 9.17) is 16.3 Å². The normalized spacial score (nSPS) is 10.2. The third kappa shape index (κ3) is 5.49. The molecule has 2 amide bonds. The van der Waals surface area contributed by atoms with E-state index in [1.54, 1.807) is 11.9 Å². The lowest BCUT2D eigenvalue weighted by atomic mass is 10.2. The van der Waals surface area contributed by atoms with Gasteiger partial charge >= 0.3 is 6.03 Å². The number of halogens is 1. The Morgan fingerprint density at radius 3 is 2.74 bits per heavy atom. The number of hydrogen-bond donors (Lipinski definition) is 1. The number of nitrogens with one attached hydrogen (secondary N) is 1. The van der Waals surface area contributed by atoms with E-state index >= 15 is 0 Å². The van der Waals surface area contributed by atoms with Crippen molar-refractivity contribution in [3.63, 3.8) is 0 Å². The third-order valence-electron chi connectivity index (χ3n) is 3.46. The molecule has 1 N–H and O–H groups in total. The first-order valence-corrected chi connectivity index (χ1v) is 7.86. The summed E-state index contributed by atoms with van der Waals surface area (Å²) in [6.45, 7) is 3.40. The zero-order valence-electron chi connectivity index (χ0n) is 13.4. The molecule has 0 heterocycles. The fourth-order valence-electron chi connectivity index (χ4n) is 2.07. The second kappa shape index (κ2) is 8.44. The van der Waals surface area contributed by atoms with Crippen molar-refractivity contribution in [2.24, 2.45) is 0 Å². The Hall–Kier alpha value is -2.20. The maximum atomic E-state index is 12.0. The Morgan fingerprint density at radius 2 is 2.00 bits per heavy atom. The van der Waals surface area contributed by atoms with E-state index < -0.39 is 0 Å². The van der Waals surface area contributed by atoms with Crippen LogP contribution in [0, 0.1) is 6.92 Å². The second-order valence-electron chi connectivity index (χ2n) is 5.32. The van der Waals surface area contributed by atoms with Crippen LogP contribution in [-0.2, 0) is 6.54 Å². The molecule has 5 heteroatoms. The lowest BCUT2D eigenvalue weighted by Gasteiger charge is -2.18. The van der Waals surface area contributed by atoms with Crippen LogP contribution in [0.1, 0.15) is 11.1 Å². The number of nitrogens with zero attached hydrogens (tertiary/aromatic N) is 1. The number of carbonyl (C=O) groups is 1. The van der Waals surface area contributed by atoms with Gasteiger partial charge in [0.25, 0.3) is 0 Å².